The molecule has 0 amide bonds. The first kappa shape index (κ1) is 13.1. The molecule has 106 valence electrons. The van der Waals surface area contributed by atoms with Crippen LogP contribution < -0.4 is 5.32 Å². The molecule has 0 aromatic carbocycles. The van der Waals surface area contributed by atoms with Crippen LogP contribution >= 0.6 is 0 Å². The molecule has 3 heterocycles. The molecule has 1 N–H and O–H groups in total. The van der Waals surface area contributed by atoms with Gasteiger partial charge in [-0.25, -0.2) is 0 Å². The molecule has 0 aliphatic carbocycles. The van der Waals surface area contributed by atoms with Crippen LogP contribution in [0, 0.1) is 0 Å². The zero-order valence-electron chi connectivity index (χ0n) is 11.8. The van der Waals surface area contributed by atoms with Crippen LogP contribution in [0.3, 0.4) is 0 Å². The minimum atomic E-state index is 0.422. The Bertz CT molecular complexity index is 392. The molecule has 5 heteroatoms. The zero-order chi connectivity index (χ0) is 13.1. The number of nitrogens with one attached hydrogen (secondary N) is 1. The number of likely N-dealkylation sites (tertiary alicyclic amines) is 1. The lowest BCUT2D eigenvalue weighted by Crippen LogP contribution is -2.33. The van der Waals surface area contributed by atoms with E-state index in [1.54, 1.807) is 0 Å². The van der Waals surface area contributed by atoms with Gasteiger partial charge in [0, 0.05) is 12.5 Å². The maximum absolute atomic E-state index is 5.50. The third kappa shape index (κ3) is 2.98. The lowest BCUT2D eigenvalue weighted by atomic mass is 9.96. The average Bonchev–Trinajstić information content (AvgIpc) is 2.98. The maximum Gasteiger partial charge on any atom is 0.231 e. The van der Waals surface area contributed by atoms with Crippen molar-refractivity contribution in [3.05, 3.63) is 11.7 Å². The van der Waals surface area contributed by atoms with Gasteiger partial charge in [-0.2, -0.15) is 4.98 Å². The van der Waals surface area contributed by atoms with Gasteiger partial charge in [-0.3, -0.25) is 0 Å². The number of piperidine rings is 2. The normalized spacial score (nSPS) is 26.7. The Morgan fingerprint density at radius 3 is 2.79 bits per heavy atom. The number of hydrogen-bond donors (Lipinski definition) is 1. The highest BCUT2D eigenvalue weighted by molar-refractivity contribution is 5.02. The molecule has 2 aliphatic heterocycles. The molecule has 19 heavy (non-hydrogen) atoms. The van der Waals surface area contributed by atoms with Crippen LogP contribution in [0.25, 0.3) is 0 Å². The van der Waals surface area contributed by atoms with Crippen molar-refractivity contribution < 1.29 is 4.52 Å². The monoisotopic (exact) mass is 264 g/mol. The molecule has 1 atom stereocenters. The van der Waals surface area contributed by atoms with Crippen molar-refractivity contribution in [2.24, 2.45) is 0 Å². The molecule has 0 bridgehead atoms. The Hall–Kier alpha value is -0.940. The van der Waals surface area contributed by atoms with Gasteiger partial charge in [-0.1, -0.05) is 12.1 Å². The SMILES string of the molecule is CCN1CCC(c2noc(C3CCCNC3)n2)CC1. The molecule has 1 aromatic heterocycles. The molecule has 2 aliphatic rings. The summed E-state index contributed by atoms with van der Waals surface area (Å²) in [6.45, 7) is 7.80. The Morgan fingerprint density at radius 1 is 1.26 bits per heavy atom. The van der Waals surface area contributed by atoms with Gasteiger partial charge in [0.25, 0.3) is 0 Å². The van der Waals surface area contributed by atoms with Gasteiger partial charge < -0.3 is 14.7 Å². The van der Waals surface area contributed by atoms with Gasteiger partial charge in [-0.05, 0) is 51.9 Å². The van der Waals surface area contributed by atoms with Crippen molar-refractivity contribution in [1.29, 1.82) is 0 Å². The van der Waals surface area contributed by atoms with E-state index in [9.17, 15) is 0 Å². The van der Waals surface area contributed by atoms with E-state index < -0.39 is 0 Å². The largest absolute Gasteiger partial charge is 0.339 e. The van der Waals surface area contributed by atoms with Gasteiger partial charge in [-0.15, -0.1) is 0 Å². The second kappa shape index (κ2) is 6.01. The Balaban J connectivity index is 1.61. The first-order valence-corrected chi connectivity index (χ1v) is 7.63. The van der Waals surface area contributed by atoms with Gasteiger partial charge in [0.15, 0.2) is 5.82 Å². The first-order chi connectivity index (χ1) is 9.36. The highest BCUT2D eigenvalue weighted by Gasteiger charge is 2.26. The summed E-state index contributed by atoms with van der Waals surface area (Å²) >= 11 is 0. The smallest absolute Gasteiger partial charge is 0.231 e. The summed E-state index contributed by atoms with van der Waals surface area (Å²) in [5, 5.41) is 7.63. The number of aromatic nitrogens is 2. The molecule has 0 saturated carbocycles. The standard InChI is InChI=1S/C14H24N4O/c1-2-18-8-5-11(6-9-18)13-16-14(19-17-13)12-4-3-7-15-10-12/h11-12,15H,2-10H2,1H3. The van der Waals surface area contributed by atoms with Crippen LogP contribution in [0.5, 0.6) is 0 Å². The fraction of sp³-hybridized carbons (Fsp3) is 0.857. The summed E-state index contributed by atoms with van der Waals surface area (Å²) in [5.74, 6) is 2.71. The first-order valence-electron chi connectivity index (χ1n) is 7.63. The molecular weight excluding hydrogens is 240 g/mol. The predicted molar refractivity (Wildman–Crippen MR) is 73.2 cm³/mol. The lowest BCUT2D eigenvalue weighted by Gasteiger charge is -2.29. The minimum Gasteiger partial charge on any atom is -0.339 e. The van der Waals surface area contributed by atoms with E-state index >= 15 is 0 Å². The Kier molecular flexibility index (Phi) is 4.13. The molecule has 1 unspecified atom stereocenters. The number of rotatable bonds is 3. The summed E-state index contributed by atoms with van der Waals surface area (Å²) in [7, 11) is 0. The van der Waals surface area contributed by atoms with Crippen LogP contribution in [-0.4, -0.2) is 47.8 Å². The van der Waals surface area contributed by atoms with E-state index in [1.165, 1.54) is 12.8 Å². The lowest BCUT2D eigenvalue weighted by molar-refractivity contribution is 0.217. The third-order valence-corrected chi connectivity index (χ3v) is 4.50. The Labute approximate surface area is 114 Å². The summed E-state index contributed by atoms with van der Waals surface area (Å²) in [6.07, 6.45) is 4.70. The molecule has 1 aromatic rings. The van der Waals surface area contributed by atoms with Crippen LogP contribution in [0.15, 0.2) is 4.52 Å². The maximum atomic E-state index is 5.50. The minimum absolute atomic E-state index is 0.422. The van der Waals surface area contributed by atoms with Gasteiger partial charge in [0.2, 0.25) is 5.89 Å². The van der Waals surface area contributed by atoms with Crippen molar-refractivity contribution in [1.82, 2.24) is 20.4 Å². The highest BCUT2D eigenvalue weighted by atomic mass is 16.5. The Morgan fingerprint density at radius 2 is 2.11 bits per heavy atom. The van der Waals surface area contributed by atoms with E-state index in [0.29, 0.717) is 11.8 Å². The van der Waals surface area contributed by atoms with Crippen LogP contribution in [0.4, 0.5) is 0 Å². The molecule has 3 rings (SSSR count). The van der Waals surface area contributed by atoms with Crippen molar-refractivity contribution in [2.75, 3.05) is 32.7 Å². The quantitative estimate of drug-likeness (QED) is 0.901. The van der Waals surface area contributed by atoms with Crippen LogP contribution in [-0.2, 0) is 0 Å². The van der Waals surface area contributed by atoms with E-state index in [-0.39, 0.29) is 0 Å². The summed E-state index contributed by atoms with van der Waals surface area (Å²) < 4.78 is 5.50. The van der Waals surface area contributed by atoms with Gasteiger partial charge in [0.1, 0.15) is 0 Å². The second-order valence-corrected chi connectivity index (χ2v) is 5.74. The van der Waals surface area contributed by atoms with E-state index in [2.05, 4.69) is 27.3 Å². The molecule has 5 nitrogen and oxygen atoms in total. The van der Waals surface area contributed by atoms with Crippen molar-refractivity contribution in [3.8, 4) is 0 Å². The van der Waals surface area contributed by atoms with Gasteiger partial charge in [0.05, 0.1) is 5.92 Å². The molecular formula is C14H24N4O. The topological polar surface area (TPSA) is 54.2 Å². The van der Waals surface area contributed by atoms with Crippen molar-refractivity contribution in [2.45, 2.75) is 44.4 Å². The summed E-state index contributed by atoms with van der Waals surface area (Å²) in [6, 6.07) is 0. The van der Waals surface area contributed by atoms with E-state index in [4.69, 9.17) is 4.52 Å². The van der Waals surface area contributed by atoms with Crippen LogP contribution in [0.1, 0.15) is 56.2 Å². The highest BCUT2D eigenvalue weighted by Crippen LogP contribution is 2.28. The molecule has 2 saturated heterocycles. The van der Waals surface area contributed by atoms with Crippen molar-refractivity contribution in [3.63, 3.8) is 0 Å². The van der Waals surface area contributed by atoms with E-state index in [0.717, 1.165) is 57.3 Å². The van der Waals surface area contributed by atoms with Crippen LogP contribution in [0.2, 0.25) is 0 Å². The van der Waals surface area contributed by atoms with Crippen molar-refractivity contribution >= 4 is 0 Å². The fourth-order valence-corrected chi connectivity index (χ4v) is 3.15. The second-order valence-electron chi connectivity index (χ2n) is 5.74. The average molecular weight is 264 g/mol. The number of nitrogens with zero attached hydrogens (tertiary/aromatic N) is 3. The summed E-state index contributed by atoms with van der Waals surface area (Å²) in [5.41, 5.74) is 0. The van der Waals surface area contributed by atoms with E-state index in [1.807, 2.05) is 0 Å². The third-order valence-electron chi connectivity index (χ3n) is 4.50. The fourth-order valence-electron chi connectivity index (χ4n) is 3.15. The number of hydrogen-bond acceptors (Lipinski definition) is 5. The molecule has 2 fully saturated rings. The molecule has 0 radical (unpaired) electrons. The predicted octanol–water partition coefficient (Wildman–Crippen LogP) is 1.74. The van der Waals surface area contributed by atoms with Gasteiger partial charge >= 0.3 is 0 Å². The summed E-state index contributed by atoms with van der Waals surface area (Å²) in [4.78, 5) is 7.16. The molecule has 0 spiro atoms. The zero-order valence-corrected chi connectivity index (χ0v) is 11.8.